The molecule has 0 saturated heterocycles. The number of benzene rings is 2. The Balaban J connectivity index is 1.76. The summed E-state index contributed by atoms with van der Waals surface area (Å²) in [5.41, 5.74) is 2.90. The Morgan fingerprint density at radius 2 is 1.87 bits per heavy atom. The molecule has 0 radical (unpaired) electrons. The predicted octanol–water partition coefficient (Wildman–Crippen LogP) is 7.14. The highest BCUT2D eigenvalue weighted by molar-refractivity contribution is 7.06. The van der Waals surface area contributed by atoms with Crippen LogP contribution in [0.1, 0.15) is 34.9 Å². The Bertz CT molecular complexity index is 1060. The van der Waals surface area contributed by atoms with Crippen molar-refractivity contribution in [2.75, 3.05) is 11.4 Å². The van der Waals surface area contributed by atoms with Gasteiger partial charge >= 0.3 is 6.18 Å². The summed E-state index contributed by atoms with van der Waals surface area (Å²) in [7, 11) is 0. The highest BCUT2D eigenvalue weighted by Crippen LogP contribution is 2.46. The van der Waals surface area contributed by atoms with Crippen molar-refractivity contribution in [3.63, 3.8) is 0 Å². The van der Waals surface area contributed by atoms with E-state index in [1.807, 2.05) is 13.0 Å². The summed E-state index contributed by atoms with van der Waals surface area (Å²) < 4.78 is 60.2. The maximum atomic E-state index is 14.8. The van der Waals surface area contributed by atoms with Crippen molar-refractivity contribution in [3.8, 4) is 11.3 Å². The van der Waals surface area contributed by atoms with Crippen LogP contribution in [0.15, 0.2) is 36.4 Å². The summed E-state index contributed by atoms with van der Waals surface area (Å²) in [6.45, 7) is 2.49. The van der Waals surface area contributed by atoms with E-state index in [0.717, 1.165) is 12.0 Å². The minimum absolute atomic E-state index is 0.0542. The first-order chi connectivity index (χ1) is 14.3. The Kier molecular flexibility index (Phi) is 5.77. The molecular weight excluding hydrogens is 436 g/mol. The van der Waals surface area contributed by atoms with Crippen LogP contribution in [0.25, 0.3) is 11.3 Å². The first kappa shape index (κ1) is 21.1. The van der Waals surface area contributed by atoms with E-state index in [0.29, 0.717) is 52.6 Å². The molecule has 0 amide bonds. The van der Waals surface area contributed by atoms with Crippen LogP contribution < -0.4 is 4.90 Å². The maximum absolute atomic E-state index is 14.8. The first-order valence-corrected chi connectivity index (χ1v) is 10.8. The number of anilines is 1. The molecule has 0 saturated carbocycles. The average molecular weight is 455 g/mol. The third-order valence-corrected chi connectivity index (χ3v) is 6.42. The van der Waals surface area contributed by atoms with Gasteiger partial charge < -0.3 is 4.90 Å². The number of fused-ring (bicyclic) bond motifs is 1. The molecular formula is C22H19ClF4N2S. The van der Waals surface area contributed by atoms with Gasteiger partial charge in [-0.3, -0.25) is 0 Å². The van der Waals surface area contributed by atoms with E-state index in [2.05, 4.69) is 4.37 Å². The van der Waals surface area contributed by atoms with Crippen LogP contribution in [0.5, 0.6) is 0 Å². The number of aromatic nitrogens is 1. The van der Waals surface area contributed by atoms with Crippen LogP contribution in [0, 0.1) is 5.82 Å². The largest absolute Gasteiger partial charge is 0.429 e. The van der Waals surface area contributed by atoms with Gasteiger partial charge in [-0.05, 0) is 53.2 Å². The van der Waals surface area contributed by atoms with Crippen LogP contribution in [0.3, 0.4) is 0 Å². The van der Waals surface area contributed by atoms with Gasteiger partial charge in [-0.1, -0.05) is 49.2 Å². The third-order valence-electron chi connectivity index (χ3n) is 5.29. The Morgan fingerprint density at radius 3 is 2.53 bits per heavy atom. The summed E-state index contributed by atoms with van der Waals surface area (Å²) in [6, 6.07) is 10.2. The Labute approximate surface area is 181 Å². The molecule has 0 spiro atoms. The van der Waals surface area contributed by atoms with Crippen LogP contribution >= 0.6 is 23.1 Å². The summed E-state index contributed by atoms with van der Waals surface area (Å²) >= 11 is 6.37. The number of aryl methyl sites for hydroxylation is 1. The zero-order valence-corrected chi connectivity index (χ0v) is 17.8. The molecule has 1 aromatic heterocycles. The lowest BCUT2D eigenvalue weighted by molar-refractivity contribution is -0.133. The van der Waals surface area contributed by atoms with Crippen LogP contribution in [0.2, 0.25) is 5.02 Å². The van der Waals surface area contributed by atoms with Gasteiger partial charge in [0.2, 0.25) is 0 Å². The van der Waals surface area contributed by atoms with Crippen molar-refractivity contribution in [2.24, 2.45) is 0 Å². The van der Waals surface area contributed by atoms with E-state index in [-0.39, 0.29) is 23.7 Å². The summed E-state index contributed by atoms with van der Waals surface area (Å²) in [5, 5.41) is 0.497. The van der Waals surface area contributed by atoms with E-state index in [4.69, 9.17) is 11.6 Å². The predicted molar refractivity (Wildman–Crippen MR) is 113 cm³/mol. The average Bonchev–Trinajstić information content (AvgIpc) is 3.16. The quantitative estimate of drug-likeness (QED) is 0.389. The molecule has 158 valence electrons. The smallest absolute Gasteiger partial charge is 0.364 e. The normalized spacial score (nSPS) is 14.1. The molecule has 0 atom stereocenters. The second kappa shape index (κ2) is 8.19. The highest BCUT2D eigenvalue weighted by Gasteiger charge is 2.40. The number of nitrogens with zero attached hydrogens (tertiary/aromatic N) is 2. The standard InChI is InChI=1S/C22H19ClF4N2S/c1-2-3-13-4-5-15-12-29(11-10-17(15)18(13)24)20-19(14-6-8-16(23)9-7-14)28-30-21(20)22(25,26)27/h4-9H,2-3,10-12H2,1H3. The van der Waals surface area contributed by atoms with Gasteiger partial charge in [0.15, 0.2) is 4.88 Å². The molecule has 0 unspecified atom stereocenters. The lowest BCUT2D eigenvalue weighted by Crippen LogP contribution is -2.32. The van der Waals surface area contributed by atoms with E-state index in [1.165, 1.54) is 0 Å². The molecule has 0 aliphatic carbocycles. The van der Waals surface area contributed by atoms with Crippen molar-refractivity contribution < 1.29 is 17.6 Å². The van der Waals surface area contributed by atoms with Crippen molar-refractivity contribution in [3.05, 3.63) is 68.8 Å². The Morgan fingerprint density at radius 1 is 1.13 bits per heavy atom. The molecule has 2 aromatic carbocycles. The first-order valence-electron chi connectivity index (χ1n) is 9.66. The van der Waals surface area contributed by atoms with Crippen molar-refractivity contribution in [1.82, 2.24) is 4.37 Å². The molecule has 30 heavy (non-hydrogen) atoms. The Hall–Kier alpha value is -2.12. The molecule has 4 rings (SSSR count). The highest BCUT2D eigenvalue weighted by atomic mass is 35.5. The minimum Gasteiger partial charge on any atom is -0.364 e. The molecule has 1 aliphatic rings. The van der Waals surface area contributed by atoms with Crippen molar-refractivity contribution in [2.45, 2.75) is 38.9 Å². The molecule has 2 nitrogen and oxygen atoms in total. The zero-order valence-electron chi connectivity index (χ0n) is 16.2. The van der Waals surface area contributed by atoms with Gasteiger partial charge in [-0.15, -0.1) is 0 Å². The van der Waals surface area contributed by atoms with Crippen molar-refractivity contribution >= 4 is 28.8 Å². The SMILES string of the molecule is CCCc1ccc2c(c1F)CCN(c1c(-c3ccc(Cl)cc3)nsc1C(F)(F)F)C2. The second-order valence-corrected chi connectivity index (χ2v) is 8.52. The summed E-state index contributed by atoms with van der Waals surface area (Å²) in [4.78, 5) is 0.927. The fourth-order valence-corrected chi connectivity index (χ4v) is 4.79. The summed E-state index contributed by atoms with van der Waals surface area (Å²) in [5.74, 6) is -0.216. The molecule has 2 heterocycles. The van der Waals surface area contributed by atoms with Gasteiger partial charge in [-0.2, -0.15) is 17.5 Å². The maximum Gasteiger partial charge on any atom is 0.429 e. The molecule has 3 aromatic rings. The fraction of sp³-hybridized carbons (Fsp3) is 0.318. The number of alkyl halides is 3. The van der Waals surface area contributed by atoms with Crippen molar-refractivity contribution in [1.29, 1.82) is 0 Å². The van der Waals surface area contributed by atoms with Gasteiger partial charge in [-0.25, -0.2) is 4.39 Å². The monoisotopic (exact) mass is 454 g/mol. The minimum atomic E-state index is -4.52. The molecule has 8 heteroatoms. The van der Waals surface area contributed by atoms with E-state index in [9.17, 15) is 17.6 Å². The number of halogens is 5. The lowest BCUT2D eigenvalue weighted by atomic mass is 9.94. The molecule has 1 aliphatic heterocycles. The van der Waals surface area contributed by atoms with E-state index >= 15 is 0 Å². The molecule has 0 fully saturated rings. The zero-order chi connectivity index (χ0) is 21.5. The third kappa shape index (κ3) is 3.93. The molecule has 0 N–H and O–H groups in total. The number of hydrogen-bond donors (Lipinski definition) is 0. The summed E-state index contributed by atoms with van der Waals surface area (Å²) in [6.07, 6.45) is -2.68. The number of rotatable bonds is 4. The second-order valence-electron chi connectivity index (χ2n) is 7.31. The van der Waals surface area contributed by atoms with Gasteiger partial charge in [0.05, 0.1) is 5.69 Å². The van der Waals surface area contributed by atoms with Crippen LogP contribution in [-0.4, -0.2) is 10.9 Å². The fourth-order valence-electron chi connectivity index (χ4n) is 3.87. The lowest BCUT2D eigenvalue weighted by Gasteiger charge is -2.32. The van der Waals surface area contributed by atoms with E-state index in [1.54, 1.807) is 35.2 Å². The van der Waals surface area contributed by atoms with E-state index < -0.39 is 11.1 Å². The molecule has 0 bridgehead atoms. The number of hydrogen-bond acceptors (Lipinski definition) is 3. The van der Waals surface area contributed by atoms with Gasteiger partial charge in [0.25, 0.3) is 0 Å². The van der Waals surface area contributed by atoms with Crippen LogP contribution in [-0.2, 0) is 25.6 Å². The van der Waals surface area contributed by atoms with Crippen LogP contribution in [0.4, 0.5) is 23.2 Å². The topological polar surface area (TPSA) is 16.1 Å². The van der Waals surface area contributed by atoms with Gasteiger partial charge in [0.1, 0.15) is 11.5 Å². The van der Waals surface area contributed by atoms with Gasteiger partial charge in [0, 0.05) is 23.7 Å².